The number of aromatic nitrogens is 2. The van der Waals surface area contributed by atoms with Crippen LogP contribution in [0.3, 0.4) is 0 Å². The van der Waals surface area contributed by atoms with Crippen molar-refractivity contribution in [1.82, 2.24) is 14.5 Å². The molecular weight excluding hydrogens is 302 g/mol. The molecule has 0 radical (unpaired) electrons. The Morgan fingerprint density at radius 3 is 2.30 bits per heavy atom. The van der Waals surface area contributed by atoms with Crippen molar-refractivity contribution in [3.8, 4) is 0 Å². The van der Waals surface area contributed by atoms with Crippen molar-refractivity contribution < 1.29 is 14.9 Å². The maximum Gasteiger partial charge on any atom is 0.330 e. The number of rotatable bonds is 5. The summed E-state index contributed by atoms with van der Waals surface area (Å²) in [6.45, 7) is 9.82. The molecule has 3 N–H and O–H groups in total. The van der Waals surface area contributed by atoms with Crippen LogP contribution in [0.1, 0.15) is 33.4 Å². The van der Waals surface area contributed by atoms with Crippen LogP contribution in [-0.2, 0) is 4.74 Å². The van der Waals surface area contributed by atoms with Gasteiger partial charge in [0.2, 0.25) is 0 Å². The summed E-state index contributed by atoms with van der Waals surface area (Å²) in [5, 5.41) is 18.4. The first-order chi connectivity index (χ1) is 11.0. The first kappa shape index (κ1) is 19.6. The highest BCUT2D eigenvalue weighted by atomic mass is 16.5. The van der Waals surface area contributed by atoms with E-state index in [2.05, 4.69) is 30.7 Å². The van der Waals surface area contributed by atoms with Gasteiger partial charge in [-0.1, -0.05) is 20.8 Å². The molecule has 2 rings (SSSR count). The quantitative estimate of drug-likeness (QED) is 0.674. The van der Waals surface area contributed by atoms with Crippen LogP contribution in [0.25, 0.3) is 0 Å². The summed E-state index contributed by atoms with van der Waals surface area (Å²) in [5.74, 6) is 0. The molecule has 0 bridgehead atoms. The Labute approximate surface area is 135 Å². The number of nitrogens with one attached hydrogen (secondary N) is 1. The molecule has 8 nitrogen and oxygen atoms in total. The van der Waals surface area contributed by atoms with E-state index in [9.17, 15) is 14.7 Å². The van der Waals surface area contributed by atoms with Crippen LogP contribution in [-0.4, -0.2) is 63.1 Å². The molecular formula is C15H27N3O5. The maximum atomic E-state index is 11.4. The van der Waals surface area contributed by atoms with Crippen LogP contribution < -0.4 is 11.2 Å². The second-order valence-electron chi connectivity index (χ2n) is 5.25. The van der Waals surface area contributed by atoms with E-state index in [0.717, 1.165) is 0 Å². The number of ether oxygens (including phenoxy) is 1. The number of hydrogen-bond donors (Lipinski definition) is 3. The van der Waals surface area contributed by atoms with Gasteiger partial charge in [-0.05, 0) is 19.6 Å². The highest BCUT2D eigenvalue weighted by Crippen LogP contribution is 2.26. The molecule has 132 valence electrons. The molecule has 2 heterocycles. The Bertz CT molecular complexity index is 561. The molecule has 0 aliphatic carbocycles. The molecule has 1 saturated heterocycles. The second kappa shape index (κ2) is 9.61. The Kier molecular flexibility index (Phi) is 8.18. The van der Waals surface area contributed by atoms with Crippen molar-refractivity contribution in [3.05, 3.63) is 33.1 Å². The lowest BCUT2D eigenvalue weighted by Gasteiger charge is -2.13. The second-order valence-corrected chi connectivity index (χ2v) is 5.25. The SMILES string of the molecule is CCN(CC)CC.O=c1ccn([C@H]2C[C@H](O)[C@@H](CO)O2)c(=O)[nH]1. The highest BCUT2D eigenvalue weighted by Gasteiger charge is 2.34. The average molecular weight is 329 g/mol. The van der Waals surface area contributed by atoms with Gasteiger partial charge in [0.05, 0.1) is 12.7 Å². The Morgan fingerprint density at radius 2 is 1.91 bits per heavy atom. The van der Waals surface area contributed by atoms with Crippen molar-refractivity contribution in [3.63, 3.8) is 0 Å². The lowest BCUT2D eigenvalue weighted by Crippen LogP contribution is -2.31. The minimum atomic E-state index is -0.811. The molecule has 1 aliphatic heterocycles. The van der Waals surface area contributed by atoms with Gasteiger partial charge >= 0.3 is 5.69 Å². The normalized spacial score (nSPS) is 23.7. The van der Waals surface area contributed by atoms with Gasteiger partial charge in [-0.2, -0.15) is 0 Å². The van der Waals surface area contributed by atoms with Crippen molar-refractivity contribution in [2.45, 2.75) is 45.6 Å². The molecule has 0 amide bonds. The van der Waals surface area contributed by atoms with Gasteiger partial charge in [0.15, 0.2) is 0 Å². The van der Waals surface area contributed by atoms with Crippen LogP contribution in [0, 0.1) is 0 Å². The number of aliphatic hydroxyl groups is 2. The van der Waals surface area contributed by atoms with Crippen molar-refractivity contribution >= 4 is 0 Å². The summed E-state index contributed by atoms with van der Waals surface area (Å²) in [7, 11) is 0. The Balaban J connectivity index is 0.000000322. The van der Waals surface area contributed by atoms with Gasteiger partial charge in [0.25, 0.3) is 5.56 Å². The summed E-state index contributed by atoms with van der Waals surface area (Å²) >= 11 is 0. The lowest BCUT2D eigenvalue weighted by molar-refractivity contribution is -0.0459. The van der Waals surface area contributed by atoms with Gasteiger partial charge in [-0.25, -0.2) is 4.79 Å². The maximum absolute atomic E-state index is 11.4. The van der Waals surface area contributed by atoms with E-state index in [1.54, 1.807) is 0 Å². The monoisotopic (exact) mass is 329 g/mol. The molecule has 0 spiro atoms. The fraction of sp³-hybridized carbons (Fsp3) is 0.733. The number of H-pyrrole nitrogens is 1. The van der Waals surface area contributed by atoms with E-state index >= 15 is 0 Å². The zero-order valence-corrected chi connectivity index (χ0v) is 13.9. The van der Waals surface area contributed by atoms with Gasteiger partial charge in [-0.3, -0.25) is 14.3 Å². The van der Waals surface area contributed by atoms with Crippen LogP contribution in [0.2, 0.25) is 0 Å². The summed E-state index contributed by atoms with van der Waals surface area (Å²) in [6, 6.07) is 1.20. The van der Waals surface area contributed by atoms with Crippen LogP contribution >= 0.6 is 0 Å². The Hall–Kier alpha value is -1.48. The molecule has 0 unspecified atom stereocenters. The zero-order chi connectivity index (χ0) is 17.4. The third-order valence-electron chi connectivity index (χ3n) is 3.89. The molecule has 0 aromatic carbocycles. The van der Waals surface area contributed by atoms with E-state index in [1.807, 2.05) is 0 Å². The fourth-order valence-electron chi connectivity index (χ4n) is 2.38. The van der Waals surface area contributed by atoms with Gasteiger partial charge in [0.1, 0.15) is 12.3 Å². The molecule has 1 aliphatic rings. The first-order valence-electron chi connectivity index (χ1n) is 7.94. The molecule has 1 aromatic heterocycles. The minimum Gasteiger partial charge on any atom is -0.394 e. The predicted molar refractivity (Wildman–Crippen MR) is 86.4 cm³/mol. The largest absolute Gasteiger partial charge is 0.394 e. The van der Waals surface area contributed by atoms with Gasteiger partial charge in [-0.15, -0.1) is 0 Å². The molecule has 1 fully saturated rings. The van der Waals surface area contributed by atoms with E-state index in [-0.39, 0.29) is 13.0 Å². The molecule has 1 aromatic rings. The number of hydrogen-bond acceptors (Lipinski definition) is 6. The summed E-state index contributed by atoms with van der Waals surface area (Å²) in [6.07, 6.45) is -0.649. The van der Waals surface area contributed by atoms with Crippen LogP contribution in [0.4, 0.5) is 0 Å². The fourth-order valence-corrected chi connectivity index (χ4v) is 2.38. The summed E-state index contributed by atoms with van der Waals surface area (Å²) in [5.41, 5.74) is -1.08. The highest BCUT2D eigenvalue weighted by molar-refractivity contribution is 4.88. The van der Waals surface area contributed by atoms with Gasteiger partial charge < -0.3 is 19.8 Å². The minimum absolute atomic E-state index is 0.206. The number of aliphatic hydroxyl groups excluding tert-OH is 2. The topological polar surface area (TPSA) is 108 Å². The van der Waals surface area contributed by atoms with E-state index in [1.165, 1.54) is 36.5 Å². The molecule has 23 heavy (non-hydrogen) atoms. The first-order valence-corrected chi connectivity index (χ1v) is 7.94. The Morgan fingerprint density at radius 1 is 1.30 bits per heavy atom. The third kappa shape index (κ3) is 5.58. The molecule has 3 atom stereocenters. The summed E-state index contributed by atoms with van der Waals surface area (Å²) < 4.78 is 6.45. The number of nitrogens with zero attached hydrogens (tertiary/aromatic N) is 2. The van der Waals surface area contributed by atoms with Crippen molar-refractivity contribution in [1.29, 1.82) is 0 Å². The third-order valence-corrected chi connectivity index (χ3v) is 3.89. The zero-order valence-electron chi connectivity index (χ0n) is 13.9. The standard InChI is InChI=1S/C9H12N2O5.C6H15N/c12-4-6-5(13)3-8(16-6)11-2-1-7(14)10-9(11)15;1-4-7(5-2)6-3/h1-2,5-6,8,12-13H,3-4H2,(H,10,14,15);4-6H2,1-3H3/t5-,6+,8+;/m0./s1. The average Bonchev–Trinajstić information content (AvgIpc) is 2.90. The van der Waals surface area contributed by atoms with Gasteiger partial charge in [0, 0.05) is 18.7 Å². The van der Waals surface area contributed by atoms with E-state index in [4.69, 9.17) is 9.84 Å². The van der Waals surface area contributed by atoms with E-state index < -0.39 is 29.7 Å². The summed E-state index contributed by atoms with van der Waals surface area (Å²) in [4.78, 5) is 26.7. The van der Waals surface area contributed by atoms with E-state index in [0.29, 0.717) is 0 Å². The van der Waals surface area contributed by atoms with Crippen molar-refractivity contribution in [2.75, 3.05) is 26.2 Å². The van der Waals surface area contributed by atoms with Crippen LogP contribution in [0.15, 0.2) is 21.9 Å². The van der Waals surface area contributed by atoms with Crippen molar-refractivity contribution in [2.24, 2.45) is 0 Å². The molecule has 8 heteroatoms. The van der Waals surface area contributed by atoms with Crippen LogP contribution in [0.5, 0.6) is 0 Å². The molecule has 0 saturated carbocycles. The lowest BCUT2D eigenvalue weighted by atomic mass is 10.2. The predicted octanol–water partition coefficient (Wildman–Crippen LogP) is -0.475. The smallest absolute Gasteiger partial charge is 0.330 e. The number of aromatic amines is 1.